The average Bonchev–Trinajstić information content (AvgIpc) is 1.67. The molecule has 0 aromatic heterocycles. The molecular formula is C82H120N8O12S. The fraction of sp³-hybridized carbons (Fsp3) is 0.780. The van der Waals surface area contributed by atoms with E-state index in [9.17, 15) is 29.4 Å². The van der Waals surface area contributed by atoms with Crippen LogP contribution in [0.25, 0.3) is 0 Å². The molecule has 8 bridgehead atoms. The number of oxime groups is 2. The molecule has 566 valence electrons. The van der Waals surface area contributed by atoms with Gasteiger partial charge in [-0.05, 0) is 283 Å². The van der Waals surface area contributed by atoms with E-state index in [2.05, 4.69) is 75.0 Å². The van der Waals surface area contributed by atoms with Crippen molar-refractivity contribution in [3.05, 3.63) is 57.6 Å². The molecule has 2 saturated heterocycles. The maximum absolute atomic E-state index is 12.5. The van der Waals surface area contributed by atoms with E-state index >= 15 is 0 Å². The van der Waals surface area contributed by atoms with Gasteiger partial charge in [0.05, 0.1) is 76.4 Å². The van der Waals surface area contributed by atoms with Crippen molar-refractivity contribution in [1.82, 2.24) is 26.6 Å². The number of fused-ring (bicyclic) bond motifs is 11. The number of urea groups is 1. The van der Waals surface area contributed by atoms with Crippen LogP contribution >= 0.6 is 11.8 Å². The van der Waals surface area contributed by atoms with E-state index in [1.807, 2.05) is 11.8 Å². The Balaban J connectivity index is 0.000000173. The Hall–Kier alpha value is -5.19. The number of aryl methyl sites for hydroxylation is 2. The van der Waals surface area contributed by atoms with Crippen molar-refractivity contribution in [1.29, 1.82) is 0 Å². The lowest BCUT2D eigenvalue weighted by Gasteiger charge is -2.57. The van der Waals surface area contributed by atoms with Crippen molar-refractivity contribution in [2.75, 3.05) is 98.0 Å². The van der Waals surface area contributed by atoms with Crippen LogP contribution in [-0.2, 0) is 66.7 Å². The fourth-order valence-corrected chi connectivity index (χ4v) is 26.7. The molecule has 2 aromatic carbocycles. The second kappa shape index (κ2) is 31.9. The number of unbranched alkanes of at least 4 members (excludes halogenated alkanes) is 1. The Labute approximate surface area is 615 Å². The molecule has 103 heavy (non-hydrogen) atoms. The van der Waals surface area contributed by atoms with Crippen molar-refractivity contribution in [2.24, 2.45) is 86.1 Å². The molecule has 0 radical (unpaired) electrons. The first kappa shape index (κ1) is 73.3. The quantitative estimate of drug-likeness (QED) is 0.0205. The van der Waals surface area contributed by atoms with Gasteiger partial charge in [-0.15, -0.1) is 0 Å². The van der Waals surface area contributed by atoms with Gasteiger partial charge < -0.3 is 71.2 Å². The van der Waals surface area contributed by atoms with Gasteiger partial charge in [-0.2, -0.15) is 11.8 Å². The number of nitrogens with one attached hydrogen (secondary N) is 5. The number of thioether (sulfide) groups is 1. The third-order valence-corrected chi connectivity index (χ3v) is 30.4. The topological polar surface area (TPSA) is 275 Å². The number of amides is 5. The van der Waals surface area contributed by atoms with Gasteiger partial charge in [0, 0.05) is 65.6 Å². The van der Waals surface area contributed by atoms with Crippen molar-refractivity contribution < 1.29 is 58.0 Å². The molecule has 14 fully saturated rings. The number of nitrogens with zero attached hydrogens (tertiary/aromatic N) is 2. The maximum Gasteiger partial charge on any atom is 0.315 e. The second-order valence-electron chi connectivity index (χ2n) is 35.1. The summed E-state index contributed by atoms with van der Waals surface area (Å²) in [6, 6.07) is 9.77. The van der Waals surface area contributed by atoms with E-state index in [0.717, 1.165) is 136 Å². The van der Waals surface area contributed by atoms with E-state index < -0.39 is 0 Å². The minimum atomic E-state index is -0.207. The second-order valence-corrected chi connectivity index (χ2v) is 36.4. The third kappa shape index (κ3) is 15.6. The van der Waals surface area contributed by atoms with E-state index in [4.69, 9.17) is 34.4 Å². The van der Waals surface area contributed by atoms with Crippen molar-refractivity contribution in [2.45, 2.75) is 234 Å². The predicted octanol–water partition coefficient (Wildman–Crippen LogP) is 11.3. The van der Waals surface area contributed by atoms with Gasteiger partial charge in [-0.25, -0.2) is 4.79 Å². The minimum Gasteiger partial charge on any atom is -0.508 e. The van der Waals surface area contributed by atoms with Crippen LogP contribution in [0.2, 0.25) is 0 Å². The number of carbonyl (C=O) groups excluding carboxylic acids is 4. The van der Waals surface area contributed by atoms with E-state index in [0.29, 0.717) is 138 Å². The number of phenolic OH excluding ortho intramolecular Hbond substituents is 2. The fourth-order valence-electron chi connectivity index (χ4n) is 25.1. The monoisotopic (exact) mass is 1440 g/mol. The van der Waals surface area contributed by atoms with Crippen LogP contribution in [0.4, 0.5) is 4.79 Å². The van der Waals surface area contributed by atoms with Crippen LogP contribution in [0.5, 0.6) is 11.5 Å². The molecule has 9 unspecified atom stereocenters. The lowest BCUT2D eigenvalue weighted by molar-refractivity contribution is -0.126. The Morgan fingerprint density at radius 3 is 1.44 bits per heavy atom. The summed E-state index contributed by atoms with van der Waals surface area (Å²) in [5.41, 5.74) is 16.6. The Kier molecular flexibility index (Phi) is 22.7. The molecule has 20 nitrogen and oxygen atoms in total. The van der Waals surface area contributed by atoms with Gasteiger partial charge in [-0.3, -0.25) is 14.4 Å². The van der Waals surface area contributed by atoms with Crippen LogP contribution in [0.15, 0.2) is 34.6 Å². The number of ether oxygens (including phenoxy) is 4. The number of rotatable bonds is 30. The first-order valence-corrected chi connectivity index (χ1v) is 41.7. The molecular weight excluding hydrogens is 1320 g/mol. The van der Waals surface area contributed by atoms with E-state index in [1.165, 1.54) is 112 Å². The average molecular weight is 1440 g/mol. The minimum absolute atomic E-state index is 0.00500. The molecule has 14 aliphatic carbocycles. The summed E-state index contributed by atoms with van der Waals surface area (Å²) in [6.45, 7) is 9.96. The maximum atomic E-state index is 12.5. The highest BCUT2D eigenvalue weighted by atomic mass is 32.2. The molecule has 16 aliphatic rings. The van der Waals surface area contributed by atoms with Gasteiger partial charge in [0.2, 0.25) is 5.91 Å². The molecule has 2 aromatic rings. The molecule has 12 saturated carbocycles. The lowest BCUT2D eigenvalue weighted by atomic mass is 9.47. The summed E-state index contributed by atoms with van der Waals surface area (Å²) in [4.78, 5) is 59.9. The summed E-state index contributed by atoms with van der Waals surface area (Å²) in [5, 5.41) is 47.1. The van der Waals surface area contributed by atoms with E-state index in [-0.39, 0.29) is 70.7 Å². The number of benzene rings is 2. The number of aromatic hydroxyl groups is 2. The number of phenols is 2. The van der Waals surface area contributed by atoms with Crippen LogP contribution < -0.4 is 32.3 Å². The molecule has 21 heteroatoms. The van der Waals surface area contributed by atoms with Crippen LogP contribution in [0.3, 0.4) is 0 Å². The lowest BCUT2D eigenvalue weighted by Crippen LogP contribution is -2.48. The van der Waals surface area contributed by atoms with Gasteiger partial charge >= 0.3 is 6.03 Å². The molecule has 0 spiro atoms. The highest BCUT2D eigenvalue weighted by Crippen LogP contribution is 2.67. The standard InChI is InChI=1S/C46H67N5O7S.C36H53N3O5/c1-45-11-10-32-33(7-6-31-21-38(52)36(22-34(31)32)46-23-28-18-29(24-46)20-30(19-28)25-46)35(45)8-9-40(45)51-58-26-42(54)48-13-15-57-17-16-56-14-12-47-41(53)5-3-2-4-39-43-37(27-59-39)49-44(55)50-43;1-35-7-6-27-28(30(35)4-5-33(35)39-44-22-34(41)38-9-11-43-13-12-42-10-8-37)3-2-26-17-32(40)31(18-29(26)27)36-19-23-14-24(20-36)16-25(15-23)21-36/h21-22,28-30,32-33,35,37,39,43,52H,2-20,23-27H2,1H3,(H,47,53)(H,48,54)(H2,49,50,55);17-18,23-25,27-28,30,40H,2-16,19-22,37H2,1H3,(H,38,41)/b51-40+;39-33+/t28?,29?,30?,32?,33?,35?,37?,39?,43?,45-,46?;23?,24?,25?,27?,28?,30?,35-,36?/m00/s1. The molecule has 2 heterocycles. The van der Waals surface area contributed by atoms with Crippen molar-refractivity contribution in [3.63, 3.8) is 0 Å². The summed E-state index contributed by atoms with van der Waals surface area (Å²) < 4.78 is 21.9. The first-order valence-electron chi connectivity index (χ1n) is 40.7. The number of carbonyl (C=O) groups is 4. The van der Waals surface area contributed by atoms with E-state index in [1.54, 1.807) is 11.1 Å². The highest BCUT2D eigenvalue weighted by Gasteiger charge is 2.59. The largest absolute Gasteiger partial charge is 0.508 e. The number of nitrogens with two attached hydrogens (primary N) is 1. The molecule has 9 N–H and O–H groups in total. The molecule has 2 aliphatic heterocycles. The number of hydrogen-bond acceptors (Lipinski definition) is 16. The SMILES string of the molecule is C[C@]12CCC3c4cc(C56CC7CC(CC(C7)C5)C6)c(O)cc4CCC3C1CC/C2=N\OCC(=O)NCCOCCOCCN.C[C@]12CCC3c4cc(C56CC7CC(CC(C7)C5)C6)c(O)cc4CCC3C1CC/C2=N\OCC(=O)NCCOCCOCCNC(=O)CCCCC1SCC2NC(=O)NC21. The van der Waals surface area contributed by atoms with Crippen molar-refractivity contribution in [3.8, 4) is 11.5 Å². The highest BCUT2D eigenvalue weighted by molar-refractivity contribution is 8.00. The smallest absolute Gasteiger partial charge is 0.315 e. The molecule has 18 rings (SSSR count). The number of hydrogen-bond donors (Lipinski definition) is 8. The zero-order valence-corrected chi connectivity index (χ0v) is 62.5. The van der Waals surface area contributed by atoms with Gasteiger partial charge in [0.15, 0.2) is 13.2 Å². The zero-order valence-electron chi connectivity index (χ0n) is 61.7. The van der Waals surface area contributed by atoms with Gasteiger partial charge in [0.1, 0.15) is 11.5 Å². The zero-order chi connectivity index (χ0) is 70.9. The molecule has 11 atom stereocenters. The van der Waals surface area contributed by atoms with Crippen molar-refractivity contribution >= 4 is 46.9 Å². The summed E-state index contributed by atoms with van der Waals surface area (Å²) in [7, 11) is 0. The summed E-state index contributed by atoms with van der Waals surface area (Å²) in [6.07, 6.45) is 32.6. The van der Waals surface area contributed by atoms with Gasteiger partial charge in [0.25, 0.3) is 11.8 Å². The Morgan fingerprint density at radius 1 is 0.553 bits per heavy atom. The van der Waals surface area contributed by atoms with Crippen LogP contribution in [0.1, 0.15) is 226 Å². The van der Waals surface area contributed by atoms with Crippen LogP contribution in [0, 0.1) is 70.0 Å². The normalized spacial score (nSPS) is 37.0. The summed E-state index contributed by atoms with van der Waals surface area (Å²) >= 11 is 1.90. The van der Waals surface area contributed by atoms with Gasteiger partial charge in [-0.1, -0.05) is 42.7 Å². The summed E-state index contributed by atoms with van der Waals surface area (Å²) in [5.74, 6) is 10.5. The third-order valence-electron chi connectivity index (χ3n) is 28.9. The van der Waals surface area contributed by atoms with Crippen LogP contribution in [-0.4, -0.2) is 161 Å². The first-order chi connectivity index (χ1) is 50.1. The predicted molar refractivity (Wildman–Crippen MR) is 397 cm³/mol. The Bertz CT molecular complexity index is 3370. The molecule has 5 amide bonds. The Morgan fingerprint density at radius 2 is 0.990 bits per heavy atom.